The molecule has 0 radical (unpaired) electrons. The normalized spacial score (nSPS) is 21.3. The van der Waals surface area contributed by atoms with Crippen molar-refractivity contribution in [3.8, 4) is 5.75 Å². The Hall–Kier alpha value is -2.66. The van der Waals surface area contributed by atoms with E-state index >= 15 is 0 Å². The molecule has 3 aromatic rings. The van der Waals surface area contributed by atoms with Crippen LogP contribution in [-0.4, -0.2) is 10.7 Å². The summed E-state index contributed by atoms with van der Waals surface area (Å²) in [7, 11) is 0. The van der Waals surface area contributed by atoms with Gasteiger partial charge in [-0.25, -0.2) is 9.40 Å². The van der Waals surface area contributed by atoms with Crippen molar-refractivity contribution >= 4 is 17.0 Å². The molecule has 2 aliphatic rings. The second kappa shape index (κ2) is 5.70. The van der Waals surface area contributed by atoms with Gasteiger partial charge in [0.1, 0.15) is 11.6 Å². The van der Waals surface area contributed by atoms with E-state index in [1.807, 2.05) is 29.3 Å². The van der Waals surface area contributed by atoms with Crippen LogP contribution in [0.25, 0.3) is 0 Å². The molecule has 0 spiro atoms. The minimum atomic E-state index is -0.349. The number of rotatable bonds is 2. The lowest BCUT2D eigenvalue weighted by molar-refractivity contribution is -0.0190. The van der Waals surface area contributed by atoms with Crippen molar-refractivity contribution in [2.45, 2.75) is 18.7 Å². The average Bonchev–Trinajstić information content (AvgIpc) is 3.31. The van der Waals surface area contributed by atoms with E-state index < -0.39 is 0 Å². The van der Waals surface area contributed by atoms with Gasteiger partial charge in [-0.2, -0.15) is 5.10 Å². The number of ether oxygens (including phenoxy) is 1. The van der Waals surface area contributed by atoms with E-state index in [4.69, 9.17) is 9.84 Å². The molecule has 124 valence electrons. The summed E-state index contributed by atoms with van der Waals surface area (Å²) in [6.45, 7) is 0. The standard InChI is InChI=1S/C20H15FN2OS/c21-14-9-7-13(8-10-14)20-23-17(15-4-1-2-5-18(15)24-20)12-16(22-23)19-6-3-11-25-19/h1-11,17,20H,12H2. The number of hydrazone groups is 1. The van der Waals surface area contributed by atoms with Crippen molar-refractivity contribution in [1.82, 2.24) is 5.01 Å². The van der Waals surface area contributed by atoms with E-state index in [1.165, 1.54) is 17.0 Å². The minimum Gasteiger partial charge on any atom is -0.464 e. The molecule has 0 amide bonds. The summed E-state index contributed by atoms with van der Waals surface area (Å²) < 4.78 is 19.6. The van der Waals surface area contributed by atoms with Crippen LogP contribution in [0.1, 0.15) is 34.7 Å². The van der Waals surface area contributed by atoms with E-state index in [0.29, 0.717) is 0 Å². The summed E-state index contributed by atoms with van der Waals surface area (Å²) in [6, 6.07) is 18.8. The molecule has 5 heteroatoms. The first kappa shape index (κ1) is 14.7. The SMILES string of the molecule is Fc1ccc(C2Oc3ccccc3C3CC(c4cccs4)=NN32)cc1. The van der Waals surface area contributed by atoms with E-state index in [9.17, 15) is 4.39 Å². The number of fused-ring (bicyclic) bond motifs is 3. The molecule has 0 fully saturated rings. The molecule has 25 heavy (non-hydrogen) atoms. The molecule has 0 saturated carbocycles. The minimum absolute atomic E-state index is 0.136. The second-order valence-electron chi connectivity index (χ2n) is 6.18. The Balaban J connectivity index is 1.60. The lowest BCUT2D eigenvalue weighted by Gasteiger charge is -2.38. The molecule has 3 nitrogen and oxygen atoms in total. The van der Waals surface area contributed by atoms with Crippen molar-refractivity contribution in [2.24, 2.45) is 5.10 Å². The highest BCUT2D eigenvalue weighted by molar-refractivity contribution is 7.12. The summed E-state index contributed by atoms with van der Waals surface area (Å²) in [4.78, 5) is 1.18. The Kier molecular flexibility index (Phi) is 3.35. The maximum atomic E-state index is 13.3. The quantitative estimate of drug-likeness (QED) is 0.640. The van der Waals surface area contributed by atoms with Crippen LogP contribution < -0.4 is 4.74 Å². The van der Waals surface area contributed by atoms with Gasteiger partial charge in [0.2, 0.25) is 6.23 Å². The Morgan fingerprint density at radius 1 is 1.04 bits per heavy atom. The van der Waals surface area contributed by atoms with Crippen LogP contribution in [0, 0.1) is 5.82 Å². The molecule has 0 bridgehead atoms. The predicted molar refractivity (Wildman–Crippen MR) is 96.3 cm³/mol. The highest BCUT2D eigenvalue weighted by Gasteiger charge is 2.40. The fraction of sp³-hybridized carbons (Fsp3) is 0.150. The lowest BCUT2D eigenvalue weighted by atomic mass is 9.98. The summed E-state index contributed by atoms with van der Waals surface area (Å²) >= 11 is 1.70. The van der Waals surface area contributed by atoms with Crippen LogP contribution in [0.3, 0.4) is 0 Å². The van der Waals surface area contributed by atoms with Crippen molar-refractivity contribution in [3.05, 3.63) is 87.9 Å². The highest BCUT2D eigenvalue weighted by Crippen LogP contribution is 2.47. The largest absolute Gasteiger partial charge is 0.464 e. The monoisotopic (exact) mass is 350 g/mol. The van der Waals surface area contributed by atoms with Gasteiger partial charge >= 0.3 is 0 Å². The Bertz CT molecular complexity index is 937. The fourth-order valence-electron chi connectivity index (χ4n) is 3.47. The third kappa shape index (κ3) is 2.43. The first-order chi connectivity index (χ1) is 12.3. The van der Waals surface area contributed by atoms with Gasteiger partial charge in [0, 0.05) is 17.5 Å². The van der Waals surface area contributed by atoms with E-state index in [-0.39, 0.29) is 18.1 Å². The van der Waals surface area contributed by atoms with Gasteiger partial charge in [0.25, 0.3) is 0 Å². The Morgan fingerprint density at radius 3 is 2.68 bits per heavy atom. The van der Waals surface area contributed by atoms with Gasteiger partial charge in [0.05, 0.1) is 16.6 Å². The number of halogens is 1. The van der Waals surface area contributed by atoms with Crippen LogP contribution in [-0.2, 0) is 0 Å². The zero-order valence-electron chi connectivity index (χ0n) is 13.3. The average molecular weight is 350 g/mol. The van der Waals surface area contributed by atoms with Crippen molar-refractivity contribution < 1.29 is 9.13 Å². The van der Waals surface area contributed by atoms with Crippen LogP contribution >= 0.6 is 11.3 Å². The van der Waals surface area contributed by atoms with Crippen LogP contribution in [0.15, 0.2) is 71.1 Å². The zero-order valence-corrected chi connectivity index (χ0v) is 14.1. The second-order valence-corrected chi connectivity index (χ2v) is 7.13. The van der Waals surface area contributed by atoms with Gasteiger partial charge < -0.3 is 4.74 Å². The van der Waals surface area contributed by atoms with Gasteiger partial charge in [-0.1, -0.05) is 36.4 Å². The third-order valence-electron chi connectivity index (χ3n) is 4.66. The topological polar surface area (TPSA) is 24.8 Å². The van der Waals surface area contributed by atoms with E-state index in [0.717, 1.165) is 29.0 Å². The van der Waals surface area contributed by atoms with Gasteiger partial charge in [-0.15, -0.1) is 11.3 Å². The molecule has 2 atom stereocenters. The van der Waals surface area contributed by atoms with Crippen LogP contribution in [0.5, 0.6) is 5.75 Å². The molecule has 2 aliphatic heterocycles. The summed E-state index contributed by atoms with van der Waals surface area (Å²) in [6.07, 6.45) is 0.497. The molecule has 0 saturated heterocycles. The van der Waals surface area contributed by atoms with E-state index in [2.05, 4.69) is 17.5 Å². The molecule has 0 aliphatic carbocycles. The molecule has 2 unspecified atom stereocenters. The van der Waals surface area contributed by atoms with Crippen molar-refractivity contribution in [3.63, 3.8) is 0 Å². The summed E-state index contributed by atoms with van der Waals surface area (Å²) in [5.74, 6) is 0.626. The molecular formula is C20H15FN2OS. The highest BCUT2D eigenvalue weighted by atomic mass is 32.1. The fourth-order valence-corrected chi connectivity index (χ4v) is 4.19. The van der Waals surface area contributed by atoms with Crippen molar-refractivity contribution in [2.75, 3.05) is 0 Å². The number of nitrogens with zero attached hydrogens (tertiary/aromatic N) is 2. The number of para-hydroxylation sites is 1. The molecule has 3 heterocycles. The number of benzene rings is 2. The van der Waals surface area contributed by atoms with Crippen molar-refractivity contribution in [1.29, 1.82) is 0 Å². The zero-order chi connectivity index (χ0) is 16.8. The van der Waals surface area contributed by atoms with Crippen LogP contribution in [0.4, 0.5) is 4.39 Å². The van der Waals surface area contributed by atoms with Gasteiger partial charge in [-0.3, -0.25) is 0 Å². The summed E-state index contributed by atoms with van der Waals surface area (Å²) in [5.41, 5.74) is 3.13. The number of hydrogen-bond acceptors (Lipinski definition) is 4. The van der Waals surface area contributed by atoms with E-state index in [1.54, 1.807) is 23.5 Å². The molecule has 5 rings (SSSR count). The molecular weight excluding hydrogens is 335 g/mol. The number of thiophene rings is 1. The maximum absolute atomic E-state index is 13.3. The molecule has 0 N–H and O–H groups in total. The Labute approximate surface area is 149 Å². The maximum Gasteiger partial charge on any atom is 0.213 e. The molecule has 2 aromatic carbocycles. The lowest BCUT2D eigenvalue weighted by Crippen LogP contribution is -2.33. The smallest absolute Gasteiger partial charge is 0.213 e. The summed E-state index contributed by atoms with van der Waals surface area (Å²) in [5, 5.41) is 8.96. The number of hydrogen-bond donors (Lipinski definition) is 0. The Morgan fingerprint density at radius 2 is 1.88 bits per heavy atom. The molecule has 1 aromatic heterocycles. The predicted octanol–water partition coefficient (Wildman–Crippen LogP) is 5.13. The van der Waals surface area contributed by atoms with Gasteiger partial charge in [0.15, 0.2) is 0 Å². The third-order valence-corrected chi connectivity index (χ3v) is 5.58. The first-order valence-corrected chi connectivity index (χ1v) is 9.08. The van der Waals surface area contributed by atoms with Crippen LogP contribution in [0.2, 0.25) is 0 Å². The van der Waals surface area contributed by atoms with Gasteiger partial charge in [-0.05, 0) is 29.6 Å². The first-order valence-electron chi connectivity index (χ1n) is 8.20.